The largest absolute Gasteiger partial charge is 0.326 e. The minimum Gasteiger partial charge on any atom is -0.326 e. The van der Waals surface area contributed by atoms with E-state index in [1.54, 1.807) is 0 Å². The molecule has 0 N–H and O–H groups in total. The molecule has 1 heterocycles. The van der Waals surface area contributed by atoms with Gasteiger partial charge in [0, 0.05) is 30.9 Å². The van der Waals surface area contributed by atoms with Crippen molar-refractivity contribution in [1.82, 2.24) is 9.13 Å². The van der Waals surface area contributed by atoms with E-state index in [-0.39, 0.29) is 0 Å². The van der Waals surface area contributed by atoms with Crippen molar-refractivity contribution in [2.45, 2.75) is 0 Å². The van der Waals surface area contributed by atoms with Gasteiger partial charge in [0.1, 0.15) is 5.44 Å². The molecule has 0 bridgehead atoms. The first kappa shape index (κ1) is 15.0. The first-order valence-corrected chi connectivity index (χ1v) is 9.11. The Morgan fingerprint density at radius 2 is 1.32 bits per heavy atom. The highest BCUT2D eigenvalue weighted by atomic mass is 32.1. The SMILES string of the molecule is Cn1cc(P(=O)(c2ccccc2)c2ccccc2)n(C)c1=S. The Labute approximate surface area is 135 Å². The number of aryl methyl sites for hydroxylation is 1. The molecule has 0 saturated heterocycles. The first-order valence-electron chi connectivity index (χ1n) is 6.99. The molecule has 0 unspecified atom stereocenters. The van der Waals surface area contributed by atoms with Crippen molar-refractivity contribution in [3.05, 3.63) is 71.6 Å². The Hall–Kier alpha value is -1.90. The van der Waals surface area contributed by atoms with E-state index in [1.165, 1.54) is 0 Å². The van der Waals surface area contributed by atoms with Gasteiger partial charge < -0.3 is 13.7 Å². The van der Waals surface area contributed by atoms with E-state index in [0.717, 1.165) is 16.0 Å². The van der Waals surface area contributed by atoms with E-state index in [2.05, 4.69) is 0 Å². The van der Waals surface area contributed by atoms with Crippen LogP contribution in [0.15, 0.2) is 66.9 Å². The van der Waals surface area contributed by atoms with Crippen LogP contribution >= 0.6 is 19.4 Å². The zero-order chi connectivity index (χ0) is 15.7. The molecule has 1 aromatic heterocycles. The van der Waals surface area contributed by atoms with Gasteiger partial charge in [-0.15, -0.1) is 0 Å². The highest BCUT2D eigenvalue weighted by molar-refractivity contribution is 7.85. The molecule has 0 aliphatic heterocycles. The summed E-state index contributed by atoms with van der Waals surface area (Å²) in [7, 11) is 0.808. The fourth-order valence-corrected chi connectivity index (χ4v) is 5.71. The summed E-state index contributed by atoms with van der Waals surface area (Å²) in [5.74, 6) is 0. The molecule has 0 spiro atoms. The highest BCUT2D eigenvalue weighted by Gasteiger charge is 2.32. The molecular formula is C17H17N2OPS. The van der Waals surface area contributed by atoms with Gasteiger partial charge in [-0.3, -0.25) is 0 Å². The predicted molar refractivity (Wildman–Crippen MR) is 94.6 cm³/mol. The molecule has 2 aromatic carbocycles. The second kappa shape index (κ2) is 5.71. The lowest BCUT2D eigenvalue weighted by atomic mass is 10.4. The summed E-state index contributed by atoms with van der Waals surface area (Å²) < 4.78 is 18.5. The lowest BCUT2D eigenvalue weighted by Gasteiger charge is -2.19. The third kappa shape index (κ3) is 2.29. The van der Waals surface area contributed by atoms with Gasteiger partial charge >= 0.3 is 0 Å². The topological polar surface area (TPSA) is 26.9 Å². The van der Waals surface area contributed by atoms with Crippen molar-refractivity contribution in [2.24, 2.45) is 14.1 Å². The fraction of sp³-hybridized carbons (Fsp3) is 0.118. The zero-order valence-corrected chi connectivity index (χ0v) is 14.2. The summed E-state index contributed by atoms with van der Waals surface area (Å²) >= 11 is 5.39. The Bertz CT molecular complexity index is 854. The zero-order valence-electron chi connectivity index (χ0n) is 12.5. The Balaban J connectivity index is 2.36. The molecule has 112 valence electrons. The minimum absolute atomic E-state index is 0.655. The van der Waals surface area contributed by atoms with Gasteiger partial charge in [-0.1, -0.05) is 60.7 Å². The Morgan fingerprint density at radius 3 is 1.68 bits per heavy atom. The molecular weight excluding hydrogens is 311 g/mol. The van der Waals surface area contributed by atoms with Crippen molar-refractivity contribution in [1.29, 1.82) is 0 Å². The molecule has 0 radical (unpaired) electrons. The second-order valence-corrected chi connectivity index (χ2v) is 8.29. The maximum atomic E-state index is 14.1. The standard InChI is InChI=1S/C17H17N2OPS/c1-18-13-16(19(2)17(18)22)21(20,14-9-5-3-6-10-14)15-11-7-4-8-12-15/h3-13H,1-2H3. The van der Waals surface area contributed by atoms with Gasteiger partial charge in [0.05, 0.1) is 0 Å². The summed E-state index contributed by atoms with van der Waals surface area (Å²) in [5, 5.41) is 1.63. The molecule has 5 heteroatoms. The molecule has 0 amide bonds. The van der Waals surface area contributed by atoms with Crippen molar-refractivity contribution >= 4 is 35.4 Å². The lowest BCUT2D eigenvalue weighted by molar-refractivity contribution is 0.591. The number of hydrogen-bond acceptors (Lipinski definition) is 2. The van der Waals surface area contributed by atoms with Crippen LogP contribution in [0.2, 0.25) is 0 Å². The molecule has 0 aliphatic rings. The second-order valence-electron chi connectivity index (χ2n) is 5.22. The fourth-order valence-electron chi connectivity index (χ4n) is 2.63. The smallest absolute Gasteiger partial charge is 0.188 e. The van der Waals surface area contributed by atoms with Crippen molar-refractivity contribution in [3.63, 3.8) is 0 Å². The number of aromatic nitrogens is 2. The van der Waals surface area contributed by atoms with Gasteiger partial charge in [0.2, 0.25) is 0 Å². The third-order valence-corrected chi connectivity index (χ3v) is 7.48. The molecule has 3 nitrogen and oxygen atoms in total. The summed E-state index contributed by atoms with van der Waals surface area (Å²) in [4.78, 5) is 0. The number of hydrogen-bond donors (Lipinski definition) is 0. The molecule has 3 rings (SSSR count). The molecule has 0 atom stereocenters. The normalized spacial score (nSPS) is 11.5. The quantitative estimate of drug-likeness (QED) is 0.546. The summed E-state index contributed by atoms with van der Waals surface area (Å²) in [6, 6.07) is 19.2. The molecule has 0 aliphatic carbocycles. The third-order valence-electron chi connectivity index (χ3n) is 3.80. The van der Waals surface area contributed by atoms with Crippen LogP contribution in [0, 0.1) is 4.77 Å². The molecule has 22 heavy (non-hydrogen) atoms. The van der Waals surface area contributed by atoms with Crippen LogP contribution in [0.25, 0.3) is 0 Å². The van der Waals surface area contributed by atoms with Gasteiger partial charge in [-0.25, -0.2) is 0 Å². The molecule has 0 fully saturated rings. The van der Waals surface area contributed by atoms with Crippen LogP contribution in [0.4, 0.5) is 0 Å². The Morgan fingerprint density at radius 1 is 0.864 bits per heavy atom. The van der Waals surface area contributed by atoms with Crippen molar-refractivity contribution in [2.75, 3.05) is 0 Å². The minimum atomic E-state index is -2.94. The van der Waals surface area contributed by atoms with Crippen LogP contribution in [-0.4, -0.2) is 9.13 Å². The van der Waals surface area contributed by atoms with E-state index in [0.29, 0.717) is 4.77 Å². The maximum absolute atomic E-state index is 14.1. The van der Waals surface area contributed by atoms with Gasteiger partial charge in [-0.2, -0.15) is 0 Å². The highest BCUT2D eigenvalue weighted by Crippen LogP contribution is 2.42. The average Bonchev–Trinajstić information content (AvgIpc) is 2.83. The van der Waals surface area contributed by atoms with Crippen LogP contribution in [-0.2, 0) is 18.7 Å². The lowest BCUT2D eigenvalue weighted by Crippen LogP contribution is -2.28. The summed E-state index contributed by atoms with van der Waals surface area (Å²) in [6.07, 6.45) is 1.88. The summed E-state index contributed by atoms with van der Waals surface area (Å²) in [5.41, 5.74) is 0.748. The van der Waals surface area contributed by atoms with Crippen LogP contribution in [0.1, 0.15) is 0 Å². The van der Waals surface area contributed by atoms with Crippen molar-refractivity contribution in [3.8, 4) is 0 Å². The maximum Gasteiger partial charge on any atom is 0.188 e. The van der Waals surface area contributed by atoms with Crippen LogP contribution in [0.5, 0.6) is 0 Å². The van der Waals surface area contributed by atoms with Gasteiger partial charge in [0.25, 0.3) is 0 Å². The van der Waals surface area contributed by atoms with E-state index in [9.17, 15) is 4.57 Å². The van der Waals surface area contributed by atoms with E-state index in [1.807, 2.05) is 90.1 Å². The number of rotatable bonds is 3. The first-order chi connectivity index (χ1) is 10.5. The monoisotopic (exact) mass is 328 g/mol. The van der Waals surface area contributed by atoms with Gasteiger partial charge in [0.15, 0.2) is 11.9 Å². The number of nitrogens with zero attached hydrogens (tertiary/aromatic N) is 2. The van der Waals surface area contributed by atoms with E-state index >= 15 is 0 Å². The van der Waals surface area contributed by atoms with Crippen LogP contribution < -0.4 is 16.0 Å². The predicted octanol–water partition coefficient (Wildman–Crippen LogP) is 2.73. The van der Waals surface area contributed by atoms with Crippen LogP contribution in [0.3, 0.4) is 0 Å². The van der Waals surface area contributed by atoms with E-state index < -0.39 is 7.14 Å². The van der Waals surface area contributed by atoms with Crippen molar-refractivity contribution < 1.29 is 4.57 Å². The number of benzene rings is 2. The average molecular weight is 328 g/mol. The van der Waals surface area contributed by atoms with Gasteiger partial charge in [-0.05, 0) is 12.2 Å². The Kier molecular flexibility index (Phi) is 3.90. The van der Waals surface area contributed by atoms with E-state index in [4.69, 9.17) is 12.2 Å². The molecule has 3 aromatic rings. The molecule has 0 saturated carbocycles. The summed E-state index contributed by atoms with van der Waals surface area (Å²) in [6.45, 7) is 0. The number of imidazole rings is 1.